The van der Waals surface area contributed by atoms with Crippen LogP contribution in [0.25, 0.3) is 5.69 Å². The molecule has 1 aromatic carbocycles. The van der Waals surface area contributed by atoms with E-state index in [1.807, 2.05) is 36.4 Å². The van der Waals surface area contributed by atoms with Crippen molar-refractivity contribution in [2.45, 2.75) is 19.4 Å². The molecule has 180 valence electrons. The Kier molecular flexibility index (Phi) is 9.29. The normalized spacial score (nSPS) is 14.5. The van der Waals surface area contributed by atoms with Crippen molar-refractivity contribution in [1.29, 1.82) is 5.26 Å². The number of para-hydroxylation sites is 1. The summed E-state index contributed by atoms with van der Waals surface area (Å²) in [4.78, 5) is 9.07. The Bertz CT molecular complexity index is 1100. The van der Waals surface area contributed by atoms with Crippen molar-refractivity contribution < 1.29 is 4.52 Å². The zero-order valence-electron chi connectivity index (χ0n) is 19.2. The van der Waals surface area contributed by atoms with Gasteiger partial charge in [-0.05, 0) is 25.0 Å². The summed E-state index contributed by atoms with van der Waals surface area (Å²) in [6.45, 7) is 5.21. The van der Waals surface area contributed by atoms with Crippen LogP contribution in [0.4, 0.5) is 5.82 Å². The lowest BCUT2D eigenvalue weighted by Crippen LogP contribution is -2.52. The highest BCUT2D eigenvalue weighted by Crippen LogP contribution is 2.21. The van der Waals surface area contributed by atoms with E-state index in [2.05, 4.69) is 36.4 Å². The van der Waals surface area contributed by atoms with Gasteiger partial charge in [-0.1, -0.05) is 23.4 Å². The van der Waals surface area contributed by atoms with Gasteiger partial charge >= 0.3 is 0 Å². The molecule has 3 N–H and O–H groups in total. The summed E-state index contributed by atoms with van der Waals surface area (Å²) >= 11 is 0. The van der Waals surface area contributed by atoms with Crippen LogP contribution in [0.2, 0.25) is 0 Å². The van der Waals surface area contributed by atoms with E-state index in [1.165, 1.54) is 0 Å². The van der Waals surface area contributed by atoms with E-state index in [0.29, 0.717) is 17.8 Å². The first-order valence-corrected chi connectivity index (χ1v) is 11.1. The molecule has 1 aliphatic heterocycles. The van der Waals surface area contributed by atoms with Gasteiger partial charge in [0.25, 0.3) is 0 Å². The standard InChI is InChI=1S/C23H29N9O.HI/c1-26-23(31-13-11-30(12-14-31)17-18-9-15-33-29-18)27-10-5-8-21-20(16-24)22(25)32(28-21)19-6-3-2-4-7-19;/h2-4,6-7,9,15H,5,8,10-14,17,25H2,1H3,(H,26,27);1H. The molecule has 10 nitrogen and oxygen atoms in total. The molecule has 2 aromatic heterocycles. The van der Waals surface area contributed by atoms with E-state index >= 15 is 0 Å². The van der Waals surface area contributed by atoms with Crippen LogP contribution in [0.1, 0.15) is 23.4 Å². The average molecular weight is 575 g/mol. The van der Waals surface area contributed by atoms with Crippen molar-refractivity contribution in [2.75, 3.05) is 45.5 Å². The van der Waals surface area contributed by atoms with E-state index < -0.39 is 0 Å². The van der Waals surface area contributed by atoms with Gasteiger partial charge in [-0.15, -0.1) is 24.0 Å². The lowest BCUT2D eigenvalue weighted by atomic mass is 10.1. The summed E-state index contributed by atoms with van der Waals surface area (Å²) in [6.07, 6.45) is 3.07. The fourth-order valence-corrected chi connectivity index (χ4v) is 4.00. The summed E-state index contributed by atoms with van der Waals surface area (Å²) in [5.74, 6) is 1.27. The number of anilines is 1. The van der Waals surface area contributed by atoms with Gasteiger partial charge in [0, 0.05) is 52.4 Å². The molecule has 3 heterocycles. The predicted molar refractivity (Wildman–Crippen MR) is 141 cm³/mol. The smallest absolute Gasteiger partial charge is 0.193 e. The topological polar surface area (TPSA) is 125 Å². The van der Waals surface area contributed by atoms with Crippen LogP contribution in [-0.4, -0.2) is 70.5 Å². The number of hydrogen-bond donors (Lipinski definition) is 2. The largest absolute Gasteiger partial charge is 0.382 e. The second kappa shape index (κ2) is 12.4. The number of aryl methyl sites for hydroxylation is 1. The Morgan fingerprint density at radius 2 is 1.97 bits per heavy atom. The number of aromatic nitrogens is 3. The van der Waals surface area contributed by atoms with Crippen molar-refractivity contribution in [3.63, 3.8) is 0 Å². The predicted octanol–water partition coefficient (Wildman–Crippen LogP) is 2.26. The molecule has 0 radical (unpaired) electrons. The van der Waals surface area contributed by atoms with Crippen LogP contribution in [0.3, 0.4) is 0 Å². The number of nitriles is 1. The number of benzene rings is 1. The van der Waals surface area contributed by atoms with E-state index in [-0.39, 0.29) is 24.0 Å². The van der Waals surface area contributed by atoms with Gasteiger partial charge in [-0.2, -0.15) is 10.4 Å². The summed E-state index contributed by atoms with van der Waals surface area (Å²) in [6, 6.07) is 13.7. The lowest BCUT2D eigenvalue weighted by molar-refractivity contribution is 0.169. The number of halogens is 1. The number of aliphatic imine (C=N–C) groups is 1. The number of nitrogens with one attached hydrogen (secondary N) is 1. The van der Waals surface area contributed by atoms with Gasteiger partial charge in [0.2, 0.25) is 0 Å². The molecule has 0 bridgehead atoms. The minimum Gasteiger partial charge on any atom is -0.382 e. The van der Waals surface area contributed by atoms with Crippen LogP contribution in [-0.2, 0) is 13.0 Å². The second-order valence-electron chi connectivity index (χ2n) is 7.90. The van der Waals surface area contributed by atoms with Gasteiger partial charge in [0.05, 0.1) is 17.1 Å². The van der Waals surface area contributed by atoms with Gasteiger partial charge in [-0.25, -0.2) is 4.68 Å². The Morgan fingerprint density at radius 3 is 2.62 bits per heavy atom. The Labute approximate surface area is 216 Å². The van der Waals surface area contributed by atoms with E-state index in [0.717, 1.165) is 68.7 Å². The molecule has 34 heavy (non-hydrogen) atoms. The summed E-state index contributed by atoms with van der Waals surface area (Å²) < 4.78 is 6.56. The Morgan fingerprint density at radius 1 is 1.21 bits per heavy atom. The molecule has 0 unspecified atom stereocenters. The highest BCUT2D eigenvalue weighted by molar-refractivity contribution is 14.0. The van der Waals surface area contributed by atoms with Crippen molar-refractivity contribution in [1.82, 2.24) is 30.1 Å². The molecule has 0 spiro atoms. The summed E-state index contributed by atoms with van der Waals surface area (Å²) in [5, 5.41) is 21.6. The summed E-state index contributed by atoms with van der Waals surface area (Å²) in [5.41, 5.74) is 9.17. The van der Waals surface area contributed by atoms with Crippen molar-refractivity contribution in [3.8, 4) is 11.8 Å². The number of rotatable bonds is 7. The fourth-order valence-electron chi connectivity index (χ4n) is 4.00. The fraction of sp³-hybridized carbons (Fsp3) is 0.391. The molecule has 0 saturated carbocycles. The minimum atomic E-state index is 0. The van der Waals surface area contributed by atoms with E-state index in [1.54, 1.807) is 18.0 Å². The third kappa shape index (κ3) is 6.06. The van der Waals surface area contributed by atoms with Crippen LogP contribution in [0.15, 0.2) is 52.2 Å². The molecular formula is C23H30IN9O. The highest BCUT2D eigenvalue weighted by Gasteiger charge is 2.20. The Balaban J connectivity index is 0.00000324. The van der Waals surface area contributed by atoms with Crippen molar-refractivity contribution in [2.24, 2.45) is 4.99 Å². The van der Waals surface area contributed by atoms with Gasteiger partial charge in [0.15, 0.2) is 5.96 Å². The summed E-state index contributed by atoms with van der Waals surface area (Å²) in [7, 11) is 1.81. The first kappa shape index (κ1) is 25.5. The third-order valence-electron chi connectivity index (χ3n) is 5.74. The monoisotopic (exact) mass is 575 g/mol. The Hall–Kier alpha value is -3.11. The number of guanidine groups is 1. The molecule has 0 atom stereocenters. The number of hydrogen-bond acceptors (Lipinski definition) is 7. The first-order valence-electron chi connectivity index (χ1n) is 11.1. The SMILES string of the molecule is CN=C(NCCCc1nn(-c2ccccc2)c(N)c1C#N)N1CCN(Cc2ccon2)CC1.I. The molecule has 11 heteroatoms. The zero-order valence-corrected chi connectivity index (χ0v) is 21.6. The maximum absolute atomic E-state index is 9.58. The lowest BCUT2D eigenvalue weighted by Gasteiger charge is -2.36. The molecule has 1 aliphatic rings. The zero-order chi connectivity index (χ0) is 23.0. The van der Waals surface area contributed by atoms with Gasteiger partial charge in [0.1, 0.15) is 23.7 Å². The molecule has 3 aromatic rings. The van der Waals surface area contributed by atoms with E-state index in [4.69, 9.17) is 10.3 Å². The maximum atomic E-state index is 9.58. The van der Waals surface area contributed by atoms with Crippen molar-refractivity contribution >= 4 is 35.8 Å². The first-order chi connectivity index (χ1) is 16.2. The minimum absolute atomic E-state index is 0. The quantitative estimate of drug-likeness (QED) is 0.190. The highest BCUT2D eigenvalue weighted by atomic mass is 127. The van der Waals surface area contributed by atoms with Crippen LogP contribution in [0.5, 0.6) is 0 Å². The van der Waals surface area contributed by atoms with Crippen LogP contribution < -0.4 is 11.1 Å². The van der Waals surface area contributed by atoms with Crippen LogP contribution in [0, 0.1) is 11.3 Å². The molecule has 1 fully saturated rings. The molecular weight excluding hydrogens is 545 g/mol. The molecule has 0 amide bonds. The number of nitrogen functional groups attached to an aromatic ring is 1. The van der Waals surface area contributed by atoms with Crippen LogP contribution >= 0.6 is 24.0 Å². The molecule has 4 rings (SSSR count). The van der Waals surface area contributed by atoms with Gasteiger partial charge in [-0.3, -0.25) is 9.89 Å². The molecule has 0 aliphatic carbocycles. The van der Waals surface area contributed by atoms with Gasteiger partial charge < -0.3 is 20.5 Å². The molecule has 1 saturated heterocycles. The number of piperazine rings is 1. The second-order valence-corrected chi connectivity index (χ2v) is 7.90. The maximum Gasteiger partial charge on any atom is 0.193 e. The number of nitrogens with two attached hydrogens (primary N) is 1. The number of nitrogens with zero attached hydrogens (tertiary/aromatic N) is 7. The average Bonchev–Trinajstić information content (AvgIpc) is 3.47. The van der Waals surface area contributed by atoms with Crippen molar-refractivity contribution in [3.05, 3.63) is 59.6 Å². The third-order valence-corrected chi connectivity index (χ3v) is 5.74. The van der Waals surface area contributed by atoms with E-state index in [9.17, 15) is 5.26 Å².